The van der Waals surface area contributed by atoms with Crippen LogP contribution in [0.3, 0.4) is 0 Å². The standard InChI is InChI=1S/3C25H23N5O2/c2*1-2-4-17(5-3-1)23-16-32-25(29-23)24-27-13-18(14-28-24)20-6-7-22-21(20)12-19(15-26-22)30-8-10-31-11-9-30;1-2-4-17(5-3-1)23-16-29-25(32-23)24-27-13-18(14-28-24)20-6-7-22-21(20)12-19(15-26-22)30-8-10-31-11-9-30/h3*1-6,12-15,23H,7-11,16H2/t3*23-/m100/s1. The van der Waals surface area contributed by atoms with Crippen LogP contribution in [0, 0.1) is 0 Å². The van der Waals surface area contributed by atoms with E-state index in [2.05, 4.69) is 132 Å². The Labute approximate surface area is 555 Å². The van der Waals surface area contributed by atoms with Crippen molar-refractivity contribution in [1.82, 2.24) is 44.9 Å². The van der Waals surface area contributed by atoms with Crippen LogP contribution in [0.2, 0.25) is 0 Å². The SMILES string of the molecule is C1=C(c2cnc(C3=NC[C@@H](c4ccccc4)O3)nc2)c2cc(N3CCOCC3)cnc2C1.C1=C(c2cnc(C3=N[C@@H](c4ccccc4)CO3)nc2)c2cc(N3CCOCC3)cnc2C1.C1=C(c2cnc(C3=N[C@H](c4ccccc4)CO3)nc2)c2cc(N3CCOCC3)cnc2C1. The molecule has 0 unspecified atom stereocenters. The highest BCUT2D eigenvalue weighted by atomic mass is 16.5. The molecule has 0 amide bonds. The number of aromatic nitrogens is 9. The summed E-state index contributed by atoms with van der Waals surface area (Å²) in [5.41, 5.74) is 19.9. The van der Waals surface area contributed by atoms with Crippen LogP contribution in [-0.4, -0.2) is 161 Å². The molecule has 480 valence electrons. The fraction of sp³-hybridized carbons (Fsp3) is 0.280. The van der Waals surface area contributed by atoms with E-state index in [1.54, 1.807) is 0 Å². The minimum absolute atomic E-state index is 0.0106. The number of morpholine rings is 3. The molecule has 6 aliphatic heterocycles. The molecule has 0 bridgehead atoms. The molecule has 0 spiro atoms. The predicted octanol–water partition coefficient (Wildman–Crippen LogP) is 9.64. The molecule has 3 atom stereocenters. The summed E-state index contributed by atoms with van der Waals surface area (Å²) in [4.78, 5) is 62.4. The van der Waals surface area contributed by atoms with E-state index >= 15 is 0 Å². The van der Waals surface area contributed by atoms with Crippen molar-refractivity contribution in [2.45, 2.75) is 37.5 Å². The predicted molar refractivity (Wildman–Crippen MR) is 365 cm³/mol. The van der Waals surface area contributed by atoms with E-state index in [1.807, 2.05) is 110 Å². The van der Waals surface area contributed by atoms with Crippen LogP contribution >= 0.6 is 0 Å². The van der Waals surface area contributed by atoms with Gasteiger partial charge in [-0.05, 0) is 51.6 Å². The molecule has 9 aliphatic rings. The average Bonchev–Trinajstić information content (AvgIpc) is 1.73. The fourth-order valence-electron chi connectivity index (χ4n) is 13.1. The van der Waals surface area contributed by atoms with E-state index in [0.717, 1.165) is 199 Å². The zero-order valence-electron chi connectivity index (χ0n) is 52.9. The van der Waals surface area contributed by atoms with Gasteiger partial charge in [0.25, 0.3) is 17.7 Å². The van der Waals surface area contributed by atoms with Crippen molar-refractivity contribution in [3.05, 3.63) is 268 Å². The molecule has 21 nitrogen and oxygen atoms in total. The van der Waals surface area contributed by atoms with Gasteiger partial charge in [0.1, 0.15) is 31.4 Å². The molecule has 6 aromatic heterocycles. The van der Waals surface area contributed by atoms with Gasteiger partial charge in [-0.15, -0.1) is 0 Å². The number of aliphatic imine (C=N–C) groups is 3. The van der Waals surface area contributed by atoms with Gasteiger partial charge in [0, 0.05) is 129 Å². The van der Waals surface area contributed by atoms with Crippen LogP contribution in [0.1, 0.15) is 103 Å². The second kappa shape index (κ2) is 27.7. The highest BCUT2D eigenvalue weighted by Crippen LogP contribution is 2.38. The molecule has 3 saturated heterocycles. The first-order chi connectivity index (χ1) is 47.5. The Hall–Kier alpha value is -10.7. The summed E-state index contributed by atoms with van der Waals surface area (Å²) >= 11 is 0. The maximum atomic E-state index is 6.02. The molecule has 0 N–H and O–H groups in total. The summed E-state index contributed by atoms with van der Waals surface area (Å²) in [5, 5.41) is 0. The molecular formula is C75H69N15O6. The van der Waals surface area contributed by atoms with E-state index in [0.29, 0.717) is 54.9 Å². The summed E-state index contributed by atoms with van der Waals surface area (Å²) < 4.78 is 34.1. The van der Waals surface area contributed by atoms with Gasteiger partial charge in [0.15, 0.2) is 0 Å². The quantitative estimate of drug-likeness (QED) is 0.111. The van der Waals surface area contributed by atoms with Crippen LogP contribution in [0.4, 0.5) is 17.1 Å². The maximum absolute atomic E-state index is 6.02. The van der Waals surface area contributed by atoms with Crippen molar-refractivity contribution in [1.29, 1.82) is 0 Å². The van der Waals surface area contributed by atoms with Crippen molar-refractivity contribution >= 4 is 51.5 Å². The van der Waals surface area contributed by atoms with Crippen molar-refractivity contribution in [3.8, 4) is 0 Å². The summed E-state index contributed by atoms with van der Waals surface area (Å²) in [6.07, 6.45) is 26.0. The molecule has 3 aromatic carbocycles. The van der Waals surface area contributed by atoms with E-state index in [1.165, 1.54) is 0 Å². The number of benzene rings is 3. The highest BCUT2D eigenvalue weighted by Gasteiger charge is 2.30. The molecule has 12 heterocycles. The molecule has 3 fully saturated rings. The van der Waals surface area contributed by atoms with E-state index < -0.39 is 0 Å². The zero-order valence-corrected chi connectivity index (χ0v) is 52.9. The number of nitrogens with zero attached hydrogens (tertiary/aromatic N) is 15. The molecule has 3 aliphatic carbocycles. The number of ether oxygens (including phenoxy) is 6. The van der Waals surface area contributed by atoms with Gasteiger partial charge < -0.3 is 43.1 Å². The number of fused-ring (bicyclic) bond motifs is 3. The van der Waals surface area contributed by atoms with Crippen molar-refractivity contribution in [2.24, 2.45) is 15.0 Å². The third-order valence-electron chi connectivity index (χ3n) is 18.3. The van der Waals surface area contributed by atoms with Crippen LogP contribution in [0.15, 0.2) is 198 Å². The maximum Gasteiger partial charge on any atom is 0.255 e. The van der Waals surface area contributed by atoms with Crippen LogP contribution < -0.4 is 14.7 Å². The zero-order chi connectivity index (χ0) is 64.0. The number of allylic oxidation sites excluding steroid dienone is 3. The summed E-state index contributed by atoms with van der Waals surface area (Å²) in [5.74, 6) is 3.07. The van der Waals surface area contributed by atoms with Crippen LogP contribution in [-0.2, 0) is 47.7 Å². The van der Waals surface area contributed by atoms with Gasteiger partial charge in [-0.3, -0.25) is 15.0 Å². The Morgan fingerprint density at radius 3 is 1.04 bits per heavy atom. The average molecular weight is 1280 g/mol. The second-order valence-corrected chi connectivity index (χ2v) is 24.2. The number of hydrogen-bond acceptors (Lipinski definition) is 21. The lowest BCUT2D eigenvalue weighted by Gasteiger charge is -2.29. The smallest absolute Gasteiger partial charge is 0.255 e. The van der Waals surface area contributed by atoms with Gasteiger partial charge in [0.05, 0.1) is 98.9 Å². The Morgan fingerprint density at radius 2 is 0.688 bits per heavy atom. The lowest BCUT2D eigenvalue weighted by atomic mass is 10.0. The van der Waals surface area contributed by atoms with E-state index in [4.69, 9.17) is 43.4 Å². The lowest BCUT2D eigenvalue weighted by molar-refractivity contribution is 0.122. The summed E-state index contributed by atoms with van der Waals surface area (Å²) in [6.45, 7) is 11.5. The van der Waals surface area contributed by atoms with E-state index in [9.17, 15) is 0 Å². The number of hydrogen-bond donors (Lipinski definition) is 0. The fourth-order valence-corrected chi connectivity index (χ4v) is 13.1. The molecule has 18 rings (SSSR count). The molecular weight excluding hydrogens is 1210 g/mol. The van der Waals surface area contributed by atoms with Gasteiger partial charge in [0.2, 0.25) is 17.5 Å². The van der Waals surface area contributed by atoms with Crippen molar-refractivity contribution in [2.75, 3.05) is 113 Å². The summed E-state index contributed by atoms with van der Waals surface area (Å²) in [7, 11) is 0. The molecule has 21 heteroatoms. The molecule has 96 heavy (non-hydrogen) atoms. The van der Waals surface area contributed by atoms with Gasteiger partial charge >= 0.3 is 0 Å². The van der Waals surface area contributed by atoms with Crippen LogP contribution in [0.5, 0.6) is 0 Å². The Bertz CT molecular complexity index is 4270. The first-order valence-corrected chi connectivity index (χ1v) is 32.9. The third-order valence-corrected chi connectivity index (χ3v) is 18.3. The first kappa shape index (κ1) is 60.2. The highest BCUT2D eigenvalue weighted by molar-refractivity contribution is 5.94. The molecule has 0 saturated carbocycles. The van der Waals surface area contributed by atoms with E-state index in [-0.39, 0.29) is 18.2 Å². The van der Waals surface area contributed by atoms with Crippen LogP contribution in [0.25, 0.3) is 16.7 Å². The first-order valence-electron chi connectivity index (χ1n) is 32.9. The van der Waals surface area contributed by atoms with Crippen molar-refractivity contribution < 1.29 is 28.4 Å². The Balaban J connectivity index is 0.000000113. The number of anilines is 3. The minimum atomic E-state index is -0.0800. The third kappa shape index (κ3) is 13.0. The largest absolute Gasteiger partial charge is 0.473 e. The van der Waals surface area contributed by atoms with Gasteiger partial charge in [-0.2, -0.15) is 0 Å². The molecule has 0 radical (unpaired) electrons. The normalized spacial score (nSPS) is 19.9. The summed E-state index contributed by atoms with van der Waals surface area (Å²) in [6, 6.07) is 37.1. The lowest BCUT2D eigenvalue weighted by Crippen LogP contribution is -2.36. The van der Waals surface area contributed by atoms with Crippen molar-refractivity contribution in [3.63, 3.8) is 0 Å². The van der Waals surface area contributed by atoms with Gasteiger partial charge in [-0.25, -0.2) is 44.9 Å². The Morgan fingerprint density at radius 1 is 0.354 bits per heavy atom. The minimum Gasteiger partial charge on any atom is -0.473 e. The molecule has 9 aromatic rings. The number of pyridine rings is 3. The monoisotopic (exact) mass is 1280 g/mol. The Kier molecular flexibility index (Phi) is 17.4. The second-order valence-electron chi connectivity index (χ2n) is 24.2. The topological polar surface area (TPSA) is 218 Å². The van der Waals surface area contributed by atoms with Gasteiger partial charge in [-0.1, -0.05) is 109 Å². The number of rotatable bonds is 12.